The van der Waals surface area contributed by atoms with Gasteiger partial charge in [0.2, 0.25) is 10.0 Å². The third kappa shape index (κ3) is 6.52. The van der Waals surface area contributed by atoms with E-state index >= 15 is 0 Å². The SMILES string of the molecule is CCCN1CC(S(=O)(=O)NCCCCCCOCC)C1. The van der Waals surface area contributed by atoms with Gasteiger partial charge in [0.05, 0.1) is 0 Å². The summed E-state index contributed by atoms with van der Waals surface area (Å²) in [6, 6.07) is 0. The van der Waals surface area contributed by atoms with Crippen molar-refractivity contribution in [2.45, 2.75) is 51.2 Å². The van der Waals surface area contributed by atoms with Crippen LogP contribution >= 0.6 is 0 Å². The molecule has 1 aliphatic heterocycles. The molecule has 120 valence electrons. The monoisotopic (exact) mass is 306 g/mol. The van der Waals surface area contributed by atoms with Gasteiger partial charge >= 0.3 is 0 Å². The van der Waals surface area contributed by atoms with Crippen LogP contribution in [0.4, 0.5) is 0 Å². The van der Waals surface area contributed by atoms with Gasteiger partial charge in [-0.3, -0.25) is 0 Å². The summed E-state index contributed by atoms with van der Waals surface area (Å²) >= 11 is 0. The van der Waals surface area contributed by atoms with Crippen LogP contribution in [-0.2, 0) is 14.8 Å². The topological polar surface area (TPSA) is 58.6 Å². The fraction of sp³-hybridized carbons (Fsp3) is 1.00. The van der Waals surface area contributed by atoms with Crippen LogP contribution in [0.15, 0.2) is 0 Å². The van der Waals surface area contributed by atoms with Gasteiger partial charge in [-0.15, -0.1) is 0 Å². The largest absolute Gasteiger partial charge is 0.382 e. The Morgan fingerprint density at radius 2 is 1.85 bits per heavy atom. The molecule has 0 saturated carbocycles. The number of rotatable bonds is 12. The minimum absolute atomic E-state index is 0.202. The van der Waals surface area contributed by atoms with Crippen molar-refractivity contribution < 1.29 is 13.2 Å². The molecule has 1 saturated heterocycles. The highest BCUT2D eigenvalue weighted by atomic mass is 32.2. The lowest BCUT2D eigenvalue weighted by Crippen LogP contribution is -2.57. The second-order valence-corrected chi connectivity index (χ2v) is 7.48. The van der Waals surface area contributed by atoms with Crippen LogP contribution < -0.4 is 4.72 Å². The molecule has 1 heterocycles. The summed E-state index contributed by atoms with van der Waals surface area (Å²) in [6.07, 6.45) is 5.23. The van der Waals surface area contributed by atoms with E-state index in [4.69, 9.17) is 4.74 Å². The van der Waals surface area contributed by atoms with Crippen LogP contribution in [0.1, 0.15) is 46.0 Å². The van der Waals surface area contributed by atoms with E-state index in [-0.39, 0.29) is 5.25 Å². The van der Waals surface area contributed by atoms with Gasteiger partial charge in [0.25, 0.3) is 0 Å². The zero-order chi connectivity index (χ0) is 14.8. The van der Waals surface area contributed by atoms with Crippen molar-refractivity contribution in [1.29, 1.82) is 0 Å². The Morgan fingerprint density at radius 3 is 2.50 bits per heavy atom. The van der Waals surface area contributed by atoms with Gasteiger partial charge in [-0.05, 0) is 32.7 Å². The van der Waals surface area contributed by atoms with Crippen molar-refractivity contribution in [2.75, 3.05) is 39.4 Å². The molecule has 0 atom stereocenters. The van der Waals surface area contributed by atoms with Crippen LogP contribution in [0.2, 0.25) is 0 Å². The minimum Gasteiger partial charge on any atom is -0.382 e. The molecule has 0 amide bonds. The highest BCUT2D eigenvalue weighted by Crippen LogP contribution is 2.15. The van der Waals surface area contributed by atoms with E-state index in [2.05, 4.69) is 16.5 Å². The standard InChI is InChI=1S/C14H30N2O3S/c1-3-10-16-12-14(13-16)20(17,18)15-9-7-5-6-8-11-19-4-2/h14-15H,3-13H2,1-2H3. The fourth-order valence-electron chi connectivity index (χ4n) is 2.38. The maximum absolute atomic E-state index is 12.0. The van der Waals surface area contributed by atoms with E-state index < -0.39 is 10.0 Å². The number of sulfonamides is 1. The summed E-state index contributed by atoms with van der Waals surface area (Å²) in [5, 5.41) is -0.202. The summed E-state index contributed by atoms with van der Waals surface area (Å²) in [7, 11) is -3.09. The third-order valence-corrected chi connectivity index (χ3v) is 5.41. The van der Waals surface area contributed by atoms with E-state index in [9.17, 15) is 8.42 Å². The number of nitrogens with one attached hydrogen (secondary N) is 1. The van der Waals surface area contributed by atoms with Gasteiger partial charge in [0.15, 0.2) is 0 Å². The molecule has 0 aliphatic carbocycles. The molecule has 0 aromatic carbocycles. The minimum atomic E-state index is -3.09. The predicted octanol–water partition coefficient (Wildman–Crippen LogP) is 1.60. The van der Waals surface area contributed by atoms with E-state index in [1.807, 2.05) is 6.92 Å². The Hall–Kier alpha value is -0.170. The maximum atomic E-state index is 12.0. The van der Waals surface area contributed by atoms with E-state index in [1.54, 1.807) is 0 Å². The van der Waals surface area contributed by atoms with Crippen molar-refractivity contribution in [3.05, 3.63) is 0 Å². The maximum Gasteiger partial charge on any atom is 0.217 e. The zero-order valence-electron chi connectivity index (χ0n) is 12.9. The summed E-state index contributed by atoms with van der Waals surface area (Å²) in [5.74, 6) is 0. The molecule has 0 bridgehead atoms. The summed E-state index contributed by atoms with van der Waals surface area (Å²) in [5.41, 5.74) is 0. The quantitative estimate of drug-likeness (QED) is 0.556. The third-order valence-electron chi connectivity index (χ3n) is 3.63. The van der Waals surface area contributed by atoms with Crippen molar-refractivity contribution in [2.24, 2.45) is 0 Å². The number of hydrogen-bond acceptors (Lipinski definition) is 4. The van der Waals surface area contributed by atoms with Crippen molar-refractivity contribution in [1.82, 2.24) is 9.62 Å². The van der Waals surface area contributed by atoms with Crippen LogP contribution in [-0.4, -0.2) is 58.0 Å². The lowest BCUT2D eigenvalue weighted by Gasteiger charge is -2.38. The molecule has 20 heavy (non-hydrogen) atoms. The van der Waals surface area contributed by atoms with Crippen LogP contribution in [0.25, 0.3) is 0 Å². The normalized spacial score (nSPS) is 17.3. The molecule has 1 aliphatic rings. The molecule has 0 aromatic heterocycles. The molecule has 1 rings (SSSR count). The van der Waals surface area contributed by atoms with E-state index in [1.165, 1.54) is 0 Å². The van der Waals surface area contributed by atoms with Gasteiger partial charge in [0.1, 0.15) is 5.25 Å². The summed E-state index contributed by atoms with van der Waals surface area (Å²) in [4.78, 5) is 2.19. The Bertz CT molecular complexity index is 340. The molecule has 0 unspecified atom stereocenters. The first-order valence-electron chi connectivity index (χ1n) is 7.88. The van der Waals surface area contributed by atoms with Gasteiger partial charge in [0, 0.05) is 32.8 Å². The second-order valence-electron chi connectivity index (χ2n) is 5.43. The summed E-state index contributed by atoms with van der Waals surface area (Å²) in [6.45, 7) is 8.67. The van der Waals surface area contributed by atoms with E-state index in [0.29, 0.717) is 19.6 Å². The first-order valence-corrected chi connectivity index (χ1v) is 9.43. The first-order chi connectivity index (χ1) is 9.60. The van der Waals surface area contributed by atoms with E-state index in [0.717, 1.165) is 51.9 Å². The molecule has 6 heteroatoms. The first kappa shape index (κ1) is 17.9. The van der Waals surface area contributed by atoms with Crippen molar-refractivity contribution in [3.8, 4) is 0 Å². The summed E-state index contributed by atoms with van der Waals surface area (Å²) < 4.78 is 32.0. The number of likely N-dealkylation sites (tertiary alicyclic amines) is 1. The van der Waals surface area contributed by atoms with Crippen LogP contribution in [0.3, 0.4) is 0 Å². The van der Waals surface area contributed by atoms with Crippen molar-refractivity contribution >= 4 is 10.0 Å². The zero-order valence-corrected chi connectivity index (χ0v) is 13.8. The molecule has 1 N–H and O–H groups in total. The molecule has 5 nitrogen and oxygen atoms in total. The van der Waals surface area contributed by atoms with Gasteiger partial charge in [-0.2, -0.15) is 0 Å². The molecule has 0 aromatic rings. The number of unbranched alkanes of at least 4 members (excludes halogenated alkanes) is 3. The second kappa shape index (κ2) is 9.71. The lowest BCUT2D eigenvalue weighted by molar-refractivity contribution is 0.143. The number of nitrogens with zero attached hydrogens (tertiary/aromatic N) is 1. The Balaban J connectivity index is 2.01. The smallest absolute Gasteiger partial charge is 0.217 e. The average Bonchev–Trinajstić information content (AvgIpc) is 2.36. The lowest BCUT2D eigenvalue weighted by atomic mass is 10.2. The Morgan fingerprint density at radius 1 is 1.15 bits per heavy atom. The predicted molar refractivity (Wildman–Crippen MR) is 82.4 cm³/mol. The van der Waals surface area contributed by atoms with Crippen LogP contribution in [0, 0.1) is 0 Å². The molecule has 1 fully saturated rings. The van der Waals surface area contributed by atoms with Gasteiger partial charge in [-0.25, -0.2) is 13.1 Å². The molecule has 0 spiro atoms. The highest BCUT2D eigenvalue weighted by Gasteiger charge is 2.36. The van der Waals surface area contributed by atoms with Crippen LogP contribution in [0.5, 0.6) is 0 Å². The van der Waals surface area contributed by atoms with Gasteiger partial charge in [-0.1, -0.05) is 19.8 Å². The number of hydrogen-bond donors (Lipinski definition) is 1. The Labute approximate surface area is 124 Å². The number of ether oxygens (including phenoxy) is 1. The Kier molecular flexibility index (Phi) is 8.68. The molecular formula is C14H30N2O3S. The highest BCUT2D eigenvalue weighted by molar-refractivity contribution is 7.90. The molecule has 0 radical (unpaired) electrons. The van der Waals surface area contributed by atoms with Gasteiger partial charge < -0.3 is 9.64 Å². The molecular weight excluding hydrogens is 276 g/mol. The fourth-order valence-corrected chi connectivity index (χ4v) is 3.86. The van der Waals surface area contributed by atoms with Crippen molar-refractivity contribution in [3.63, 3.8) is 0 Å². The average molecular weight is 306 g/mol.